The summed E-state index contributed by atoms with van der Waals surface area (Å²) in [6, 6.07) is 15.8. The van der Waals surface area contributed by atoms with Crippen molar-refractivity contribution in [2.24, 2.45) is 0 Å². The number of nitrogens with zero attached hydrogens (tertiary/aromatic N) is 1. The van der Waals surface area contributed by atoms with Crippen LogP contribution in [0.15, 0.2) is 48.5 Å². The molecule has 0 spiro atoms. The van der Waals surface area contributed by atoms with Gasteiger partial charge in [0.1, 0.15) is 0 Å². The number of hydrogen-bond acceptors (Lipinski definition) is 2. The highest BCUT2D eigenvalue weighted by atomic mass is 16.2. The van der Waals surface area contributed by atoms with Crippen LogP contribution >= 0.6 is 0 Å². The average molecular weight is 367 g/mol. The van der Waals surface area contributed by atoms with Crippen molar-refractivity contribution < 1.29 is 9.59 Å². The summed E-state index contributed by atoms with van der Waals surface area (Å²) in [5, 5.41) is 2.90. The number of carbonyl (C=O) groups is 2. The Labute approximate surface area is 162 Å². The van der Waals surface area contributed by atoms with Gasteiger partial charge in [0.2, 0.25) is 11.8 Å². The first-order valence-electron chi connectivity index (χ1n) is 9.55. The van der Waals surface area contributed by atoms with Crippen LogP contribution < -0.4 is 10.2 Å². The molecule has 2 rings (SSSR count). The van der Waals surface area contributed by atoms with Crippen LogP contribution in [0, 0.1) is 0 Å². The van der Waals surface area contributed by atoms with E-state index in [0.717, 1.165) is 11.4 Å². The molecule has 0 aromatic heterocycles. The summed E-state index contributed by atoms with van der Waals surface area (Å²) in [5.74, 6) is 0.734. The van der Waals surface area contributed by atoms with Crippen molar-refractivity contribution in [3.05, 3.63) is 59.7 Å². The van der Waals surface area contributed by atoms with Crippen LogP contribution in [-0.2, 0) is 9.59 Å². The van der Waals surface area contributed by atoms with Crippen molar-refractivity contribution in [1.29, 1.82) is 0 Å². The second-order valence-electron chi connectivity index (χ2n) is 7.49. The molecule has 4 nitrogen and oxygen atoms in total. The average Bonchev–Trinajstić information content (AvgIpc) is 2.62. The Balaban J connectivity index is 1.96. The highest BCUT2D eigenvalue weighted by molar-refractivity contribution is 5.94. The van der Waals surface area contributed by atoms with E-state index in [1.54, 1.807) is 4.90 Å². The number of amides is 2. The van der Waals surface area contributed by atoms with Crippen molar-refractivity contribution in [2.45, 2.75) is 52.9 Å². The van der Waals surface area contributed by atoms with Crippen LogP contribution in [0.1, 0.15) is 64.0 Å². The number of nitrogens with one attached hydrogen (secondary N) is 1. The first-order chi connectivity index (χ1) is 12.8. The summed E-state index contributed by atoms with van der Waals surface area (Å²) in [4.78, 5) is 26.0. The summed E-state index contributed by atoms with van der Waals surface area (Å²) in [6.45, 7) is 10.4. The van der Waals surface area contributed by atoms with E-state index < -0.39 is 0 Å². The van der Waals surface area contributed by atoms with E-state index in [0.29, 0.717) is 18.4 Å². The Morgan fingerprint density at radius 2 is 1.33 bits per heavy atom. The lowest BCUT2D eigenvalue weighted by Gasteiger charge is -2.21. The third-order valence-electron chi connectivity index (χ3n) is 4.68. The Morgan fingerprint density at radius 3 is 1.78 bits per heavy atom. The minimum absolute atomic E-state index is 0.0682. The van der Waals surface area contributed by atoms with Crippen molar-refractivity contribution in [3.63, 3.8) is 0 Å². The maximum atomic E-state index is 12.3. The first-order valence-corrected chi connectivity index (χ1v) is 9.55. The molecule has 0 saturated carbocycles. The van der Waals surface area contributed by atoms with Gasteiger partial charge in [-0.3, -0.25) is 9.59 Å². The predicted octanol–water partition coefficient (Wildman–Crippen LogP) is 5.32. The fraction of sp³-hybridized carbons (Fsp3) is 0.391. The molecule has 0 unspecified atom stereocenters. The minimum Gasteiger partial charge on any atom is -0.326 e. The lowest BCUT2D eigenvalue weighted by Crippen LogP contribution is -2.31. The molecular weight excluding hydrogens is 336 g/mol. The lowest BCUT2D eigenvalue weighted by molar-refractivity contribution is -0.117. The molecule has 1 N–H and O–H groups in total. The van der Waals surface area contributed by atoms with Gasteiger partial charge in [0.05, 0.1) is 0 Å². The molecule has 2 aromatic carbocycles. The topological polar surface area (TPSA) is 49.4 Å². The van der Waals surface area contributed by atoms with Gasteiger partial charge in [-0.15, -0.1) is 0 Å². The zero-order valence-corrected chi connectivity index (χ0v) is 17.0. The molecule has 0 fully saturated rings. The van der Waals surface area contributed by atoms with Crippen LogP contribution in [0.5, 0.6) is 0 Å². The number of anilines is 2. The summed E-state index contributed by atoms with van der Waals surface area (Å²) >= 11 is 0. The zero-order chi connectivity index (χ0) is 20.0. The fourth-order valence-electron chi connectivity index (χ4n) is 2.90. The molecule has 144 valence electrons. The van der Waals surface area contributed by atoms with Gasteiger partial charge in [-0.1, -0.05) is 52.0 Å². The van der Waals surface area contributed by atoms with E-state index in [1.807, 2.05) is 48.5 Å². The number of rotatable bonds is 7. The molecule has 2 amide bonds. The van der Waals surface area contributed by atoms with Gasteiger partial charge in [0.15, 0.2) is 0 Å². The number of hydrogen-bond donors (Lipinski definition) is 1. The third kappa shape index (κ3) is 5.95. The van der Waals surface area contributed by atoms with Crippen molar-refractivity contribution >= 4 is 23.2 Å². The molecule has 4 heteroatoms. The van der Waals surface area contributed by atoms with Gasteiger partial charge in [-0.2, -0.15) is 0 Å². The van der Waals surface area contributed by atoms with Crippen LogP contribution in [-0.4, -0.2) is 18.4 Å². The first kappa shape index (κ1) is 20.7. The van der Waals surface area contributed by atoms with E-state index in [4.69, 9.17) is 0 Å². The summed E-state index contributed by atoms with van der Waals surface area (Å²) in [7, 11) is 0. The largest absolute Gasteiger partial charge is 0.326 e. The smallest absolute Gasteiger partial charge is 0.226 e. The van der Waals surface area contributed by atoms with E-state index in [9.17, 15) is 9.59 Å². The SMILES string of the molecule is CC(=O)N(CCC(=O)Nc1ccc(C(C)C)cc1)c1ccc(C(C)C)cc1. The highest BCUT2D eigenvalue weighted by Crippen LogP contribution is 2.21. The van der Waals surface area contributed by atoms with E-state index in [2.05, 4.69) is 33.0 Å². The Kier molecular flexibility index (Phi) is 7.17. The van der Waals surface area contributed by atoms with E-state index in [-0.39, 0.29) is 18.2 Å². The van der Waals surface area contributed by atoms with Crippen LogP contribution in [0.2, 0.25) is 0 Å². The van der Waals surface area contributed by atoms with Crippen molar-refractivity contribution in [1.82, 2.24) is 0 Å². The van der Waals surface area contributed by atoms with Gasteiger partial charge in [0, 0.05) is 31.3 Å². The fourth-order valence-corrected chi connectivity index (χ4v) is 2.90. The highest BCUT2D eigenvalue weighted by Gasteiger charge is 2.14. The lowest BCUT2D eigenvalue weighted by atomic mass is 10.0. The Bertz CT molecular complexity index is 762. The quantitative estimate of drug-likeness (QED) is 0.721. The summed E-state index contributed by atoms with van der Waals surface area (Å²) in [5.41, 5.74) is 4.06. The van der Waals surface area contributed by atoms with Crippen molar-refractivity contribution in [3.8, 4) is 0 Å². The molecule has 0 radical (unpaired) electrons. The van der Waals surface area contributed by atoms with Crippen LogP contribution in [0.3, 0.4) is 0 Å². The van der Waals surface area contributed by atoms with E-state index in [1.165, 1.54) is 18.1 Å². The molecule has 27 heavy (non-hydrogen) atoms. The normalized spacial score (nSPS) is 10.9. The molecule has 0 aliphatic carbocycles. The standard InChI is InChI=1S/C23H30N2O2/c1-16(2)19-6-10-21(11-7-19)24-23(27)14-15-25(18(5)26)22-12-8-20(9-13-22)17(3)4/h6-13,16-17H,14-15H2,1-5H3,(H,24,27). The zero-order valence-electron chi connectivity index (χ0n) is 17.0. The van der Waals surface area contributed by atoms with Gasteiger partial charge in [-0.25, -0.2) is 0 Å². The molecule has 0 aliphatic rings. The van der Waals surface area contributed by atoms with Crippen molar-refractivity contribution in [2.75, 3.05) is 16.8 Å². The maximum Gasteiger partial charge on any atom is 0.226 e. The third-order valence-corrected chi connectivity index (χ3v) is 4.68. The molecule has 0 saturated heterocycles. The molecule has 0 atom stereocenters. The maximum absolute atomic E-state index is 12.3. The predicted molar refractivity (Wildman–Crippen MR) is 112 cm³/mol. The monoisotopic (exact) mass is 366 g/mol. The summed E-state index contributed by atoms with van der Waals surface area (Å²) in [6.07, 6.45) is 0.247. The minimum atomic E-state index is -0.0997. The second kappa shape index (κ2) is 9.36. The Hall–Kier alpha value is -2.62. The van der Waals surface area contributed by atoms with Gasteiger partial charge in [0.25, 0.3) is 0 Å². The molecule has 2 aromatic rings. The molecule has 0 heterocycles. The van der Waals surface area contributed by atoms with Crippen LogP contribution in [0.25, 0.3) is 0 Å². The molecular formula is C23H30N2O2. The summed E-state index contributed by atoms with van der Waals surface area (Å²) < 4.78 is 0. The molecule has 0 bridgehead atoms. The van der Waals surface area contributed by atoms with Gasteiger partial charge < -0.3 is 10.2 Å². The number of benzene rings is 2. The van der Waals surface area contributed by atoms with Crippen LogP contribution in [0.4, 0.5) is 11.4 Å². The second-order valence-corrected chi connectivity index (χ2v) is 7.49. The van der Waals surface area contributed by atoms with Gasteiger partial charge in [-0.05, 0) is 47.2 Å². The molecule has 0 aliphatic heterocycles. The Morgan fingerprint density at radius 1 is 0.852 bits per heavy atom. The number of carbonyl (C=O) groups excluding carboxylic acids is 2. The van der Waals surface area contributed by atoms with E-state index >= 15 is 0 Å². The van der Waals surface area contributed by atoms with Gasteiger partial charge >= 0.3 is 0 Å².